The van der Waals surface area contributed by atoms with E-state index >= 15 is 0 Å². The maximum atomic E-state index is 12.2. The van der Waals surface area contributed by atoms with Gasteiger partial charge in [0.05, 0.1) is 4.90 Å². The minimum Gasteiger partial charge on any atom is -0.317 e. The van der Waals surface area contributed by atoms with Gasteiger partial charge in [0.25, 0.3) is 0 Å². The number of rotatable bonds is 3. The second kappa shape index (κ2) is 6.14. The topological polar surface area (TPSA) is 58.2 Å². The van der Waals surface area contributed by atoms with Gasteiger partial charge in [-0.15, -0.1) is 0 Å². The molecule has 1 aliphatic rings. The van der Waals surface area contributed by atoms with Crippen molar-refractivity contribution in [2.45, 2.75) is 30.2 Å². The number of sulfonamides is 1. The molecule has 1 aliphatic heterocycles. The lowest BCUT2D eigenvalue weighted by atomic mass is 10.1. The summed E-state index contributed by atoms with van der Waals surface area (Å²) in [6.07, 6.45) is 2.74. The van der Waals surface area contributed by atoms with Gasteiger partial charge < -0.3 is 5.32 Å². The molecule has 2 N–H and O–H groups in total. The van der Waals surface area contributed by atoms with Gasteiger partial charge in [0, 0.05) is 10.5 Å². The number of halogens is 1. The van der Waals surface area contributed by atoms with Crippen LogP contribution in [0, 0.1) is 0 Å². The maximum Gasteiger partial charge on any atom is 0.240 e. The highest BCUT2D eigenvalue weighted by Gasteiger charge is 2.20. The van der Waals surface area contributed by atoms with Crippen LogP contribution in [0.2, 0.25) is 0 Å². The lowest BCUT2D eigenvalue weighted by Gasteiger charge is -2.16. The summed E-state index contributed by atoms with van der Waals surface area (Å²) < 4.78 is 28.0. The average molecular weight is 333 g/mol. The molecule has 6 heteroatoms. The van der Waals surface area contributed by atoms with Crippen LogP contribution in [0.3, 0.4) is 0 Å². The highest BCUT2D eigenvalue weighted by Crippen LogP contribution is 2.16. The highest BCUT2D eigenvalue weighted by atomic mass is 79.9. The van der Waals surface area contributed by atoms with Crippen molar-refractivity contribution in [1.82, 2.24) is 10.0 Å². The molecule has 1 atom stereocenters. The van der Waals surface area contributed by atoms with E-state index in [0.717, 1.165) is 36.8 Å². The number of hydrogen-bond donors (Lipinski definition) is 2. The van der Waals surface area contributed by atoms with E-state index in [1.807, 2.05) is 0 Å². The summed E-state index contributed by atoms with van der Waals surface area (Å²) in [6, 6.07) is 6.74. The van der Waals surface area contributed by atoms with Crippen molar-refractivity contribution >= 4 is 26.0 Å². The Morgan fingerprint density at radius 3 is 2.61 bits per heavy atom. The first-order valence-corrected chi connectivity index (χ1v) is 8.34. The fourth-order valence-corrected chi connectivity index (χ4v) is 3.61. The first-order chi connectivity index (χ1) is 8.58. The molecule has 0 saturated carbocycles. The summed E-state index contributed by atoms with van der Waals surface area (Å²) in [5, 5.41) is 3.27. The van der Waals surface area contributed by atoms with Crippen molar-refractivity contribution in [3.63, 3.8) is 0 Å². The van der Waals surface area contributed by atoms with Crippen molar-refractivity contribution in [3.05, 3.63) is 28.7 Å². The van der Waals surface area contributed by atoms with Crippen molar-refractivity contribution in [3.8, 4) is 0 Å². The third-order valence-electron chi connectivity index (χ3n) is 3.02. The zero-order valence-corrected chi connectivity index (χ0v) is 12.4. The molecule has 0 aliphatic carbocycles. The van der Waals surface area contributed by atoms with Gasteiger partial charge >= 0.3 is 0 Å². The van der Waals surface area contributed by atoms with E-state index < -0.39 is 10.0 Å². The van der Waals surface area contributed by atoms with Gasteiger partial charge in [-0.05, 0) is 56.6 Å². The fraction of sp³-hybridized carbons (Fsp3) is 0.500. The van der Waals surface area contributed by atoms with Crippen LogP contribution in [-0.2, 0) is 10.0 Å². The molecule has 0 amide bonds. The highest BCUT2D eigenvalue weighted by molar-refractivity contribution is 9.10. The maximum absolute atomic E-state index is 12.2. The monoisotopic (exact) mass is 332 g/mol. The first-order valence-electron chi connectivity index (χ1n) is 6.06. The van der Waals surface area contributed by atoms with E-state index in [9.17, 15) is 8.42 Å². The van der Waals surface area contributed by atoms with Crippen molar-refractivity contribution in [2.24, 2.45) is 0 Å². The van der Waals surface area contributed by atoms with Gasteiger partial charge in [-0.2, -0.15) is 0 Å². The number of benzene rings is 1. The van der Waals surface area contributed by atoms with Crippen LogP contribution in [-0.4, -0.2) is 27.5 Å². The van der Waals surface area contributed by atoms with Crippen LogP contribution in [0.4, 0.5) is 0 Å². The molecule has 0 bridgehead atoms. The Kier molecular flexibility index (Phi) is 4.77. The van der Waals surface area contributed by atoms with Gasteiger partial charge in [-0.3, -0.25) is 0 Å². The van der Waals surface area contributed by atoms with Crippen molar-refractivity contribution in [1.29, 1.82) is 0 Å². The van der Waals surface area contributed by atoms with Crippen LogP contribution >= 0.6 is 15.9 Å². The summed E-state index contributed by atoms with van der Waals surface area (Å²) >= 11 is 3.30. The minimum atomic E-state index is -3.39. The van der Waals surface area contributed by atoms with Crippen LogP contribution < -0.4 is 10.0 Å². The standard InChI is InChI=1S/C12H17BrN2O2S/c13-10-3-5-12(6-4-10)18(16,17)15-11-2-1-8-14-9-7-11/h3-6,11,14-15H,1-2,7-9H2. The molecule has 0 radical (unpaired) electrons. The van der Waals surface area contributed by atoms with Gasteiger partial charge in [0.15, 0.2) is 0 Å². The van der Waals surface area contributed by atoms with Crippen molar-refractivity contribution in [2.75, 3.05) is 13.1 Å². The Morgan fingerprint density at radius 1 is 1.17 bits per heavy atom. The fourth-order valence-electron chi connectivity index (χ4n) is 2.04. The predicted molar refractivity (Wildman–Crippen MR) is 75.0 cm³/mol. The van der Waals surface area contributed by atoms with Crippen LogP contribution in [0.5, 0.6) is 0 Å². The Balaban J connectivity index is 2.08. The molecule has 1 fully saturated rings. The number of nitrogens with one attached hydrogen (secondary N) is 2. The van der Waals surface area contributed by atoms with Gasteiger partial charge in [0.1, 0.15) is 0 Å². The molecule has 0 spiro atoms. The SMILES string of the molecule is O=S(=O)(NC1CCCNCC1)c1ccc(Br)cc1. The average Bonchev–Trinajstić information content (AvgIpc) is 2.57. The molecule has 100 valence electrons. The van der Waals surface area contributed by atoms with E-state index in [2.05, 4.69) is 26.0 Å². The van der Waals surface area contributed by atoms with Crippen LogP contribution in [0.25, 0.3) is 0 Å². The summed E-state index contributed by atoms with van der Waals surface area (Å²) in [7, 11) is -3.39. The largest absolute Gasteiger partial charge is 0.317 e. The minimum absolute atomic E-state index is 0.0358. The summed E-state index contributed by atoms with van der Waals surface area (Å²) in [5.74, 6) is 0. The summed E-state index contributed by atoms with van der Waals surface area (Å²) in [6.45, 7) is 1.84. The Hall–Kier alpha value is -0.430. The molecule has 1 heterocycles. The first kappa shape index (κ1) is 14.0. The molecule has 1 unspecified atom stereocenters. The van der Waals surface area contributed by atoms with Crippen LogP contribution in [0.15, 0.2) is 33.6 Å². The zero-order chi connectivity index (χ0) is 13.0. The molecule has 1 aromatic rings. The van der Waals surface area contributed by atoms with Gasteiger partial charge in [-0.25, -0.2) is 13.1 Å². The Morgan fingerprint density at radius 2 is 1.89 bits per heavy atom. The van der Waals surface area contributed by atoms with E-state index in [0.29, 0.717) is 4.90 Å². The second-order valence-corrected chi connectivity index (χ2v) is 7.08. The molecular formula is C12H17BrN2O2S. The smallest absolute Gasteiger partial charge is 0.240 e. The van der Waals surface area contributed by atoms with Crippen molar-refractivity contribution < 1.29 is 8.42 Å². The van der Waals surface area contributed by atoms with Crippen LogP contribution in [0.1, 0.15) is 19.3 Å². The van der Waals surface area contributed by atoms with Gasteiger partial charge in [0.2, 0.25) is 10.0 Å². The zero-order valence-electron chi connectivity index (χ0n) is 10.0. The van der Waals surface area contributed by atoms with E-state index in [1.165, 1.54) is 0 Å². The predicted octanol–water partition coefficient (Wildman–Crippen LogP) is 1.87. The van der Waals surface area contributed by atoms with E-state index in [-0.39, 0.29) is 6.04 Å². The summed E-state index contributed by atoms with van der Waals surface area (Å²) in [4.78, 5) is 0.322. The normalized spacial score (nSPS) is 21.5. The summed E-state index contributed by atoms with van der Waals surface area (Å²) in [5.41, 5.74) is 0. The molecule has 1 aromatic carbocycles. The Bertz CT molecular complexity index is 479. The molecule has 0 aromatic heterocycles. The molecule has 1 saturated heterocycles. The molecular weight excluding hydrogens is 316 g/mol. The van der Waals surface area contributed by atoms with E-state index in [4.69, 9.17) is 0 Å². The molecule has 18 heavy (non-hydrogen) atoms. The third kappa shape index (κ3) is 3.78. The number of hydrogen-bond acceptors (Lipinski definition) is 3. The Labute approximate surface area is 116 Å². The quantitative estimate of drug-likeness (QED) is 0.888. The van der Waals surface area contributed by atoms with Gasteiger partial charge in [-0.1, -0.05) is 15.9 Å². The van der Waals surface area contributed by atoms with E-state index in [1.54, 1.807) is 24.3 Å². The molecule has 4 nitrogen and oxygen atoms in total. The lowest BCUT2D eigenvalue weighted by Crippen LogP contribution is -2.35. The second-order valence-electron chi connectivity index (χ2n) is 4.45. The third-order valence-corrected chi connectivity index (χ3v) is 5.09. The lowest BCUT2D eigenvalue weighted by molar-refractivity contribution is 0.518. The molecule has 2 rings (SSSR count).